The molecule has 20 heavy (non-hydrogen) atoms. The van der Waals surface area contributed by atoms with Gasteiger partial charge in [0.15, 0.2) is 0 Å². The van der Waals surface area contributed by atoms with Crippen LogP contribution in [0.5, 0.6) is 5.88 Å². The molecule has 0 bridgehead atoms. The predicted molar refractivity (Wildman–Crippen MR) is 89.1 cm³/mol. The van der Waals surface area contributed by atoms with Crippen molar-refractivity contribution in [2.75, 3.05) is 5.73 Å². The zero-order valence-electron chi connectivity index (χ0n) is 11.8. The van der Waals surface area contributed by atoms with Gasteiger partial charge in [-0.3, -0.25) is 0 Å². The molecule has 0 saturated carbocycles. The molecule has 106 valence electrons. The first kappa shape index (κ1) is 15.0. The van der Waals surface area contributed by atoms with E-state index in [1.807, 2.05) is 25.1 Å². The SMILES string of the molecule is Cc1cnc(N)nc1OC(c1ccccc1)C(C)(C)I. The molecular weight excluding hydrogens is 365 g/mol. The summed E-state index contributed by atoms with van der Waals surface area (Å²) in [5, 5.41) is 0. The molecule has 5 heteroatoms. The molecule has 2 rings (SSSR count). The van der Waals surface area contributed by atoms with Crippen LogP contribution in [-0.4, -0.2) is 13.4 Å². The summed E-state index contributed by atoms with van der Waals surface area (Å²) in [6, 6.07) is 10.1. The molecular formula is C15H18IN3O. The lowest BCUT2D eigenvalue weighted by Crippen LogP contribution is -2.27. The Morgan fingerprint density at radius 1 is 1.25 bits per heavy atom. The van der Waals surface area contributed by atoms with Crippen molar-refractivity contribution in [3.63, 3.8) is 0 Å². The fourth-order valence-electron chi connectivity index (χ4n) is 1.90. The van der Waals surface area contributed by atoms with Crippen LogP contribution in [0.1, 0.15) is 31.1 Å². The standard InChI is InChI=1S/C15H18IN3O/c1-10-9-18-14(17)19-13(10)20-12(15(2,3)16)11-7-5-4-6-8-11/h4-9,12H,1-3H3,(H2,17,18,19). The second kappa shape index (κ2) is 5.95. The lowest BCUT2D eigenvalue weighted by Gasteiger charge is -2.30. The highest BCUT2D eigenvalue weighted by atomic mass is 127. The number of anilines is 1. The van der Waals surface area contributed by atoms with Crippen molar-refractivity contribution >= 4 is 28.5 Å². The number of alkyl halides is 1. The molecule has 0 spiro atoms. The third-order valence-electron chi connectivity index (χ3n) is 2.90. The minimum absolute atomic E-state index is 0.0920. The highest BCUT2D eigenvalue weighted by molar-refractivity contribution is 14.1. The first-order valence-corrected chi connectivity index (χ1v) is 7.45. The maximum Gasteiger partial charge on any atom is 0.223 e. The van der Waals surface area contributed by atoms with Crippen LogP contribution in [0, 0.1) is 6.92 Å². The molecule has 0 aliphatic carbocycles. The van der Waals surface area contributed by atoms with Gasteiger partial charge in [-0.15, -0.1) is 0 Å². The first-order valence-electron chi connectivity index (χ1n) is 6.37. The average Bonchev–Trinajstić information content (AvgIpc) is 2.39. The number of nitrogens with zero attached hydrogens (tertiary/aromatic N) is 2. The zero-order chi connectivity index (χ0) is 14.8. The summed E-state index contributed by atoms with van der Waals surface area (Å²) in [4.78, 5) is 8.16. The number of nitrogen functional groups attached to an aromatic ring is 1. The van der Waals surface area contributed by atoms with Crippen LogP contribution in [0.25, 0.3) is 0 Å². The molecule has 0 radical (unpaired) electrons. The Bertz CT molecular complexity index is 581. The van der Waals surface area contributed by atoms with Crippen molar-refractivity contribution in [2.24, 2.45) is 0 Å². The molecule has 4 nitrogen and oxygen atoms in total. The Labute approximate surface area is 132 Å². The van der Waals surface area contributed by atoms with Gasteiger partial charge in [0.05, 0.1) is 3.42 Å². The van der Waals surface area contributed by atoms with Crippen molar-refractivity contribution in [1.29, 1.82) is 0 Å². The van der Waals surface area contributed by atoms with Gasteiger partial charge in [-0.25, -0.2) is 4.98 Å². The molecule has 1 atom stereocenters. The Morgan fingerprint density at radius 2 is 1.90 bits per heavy atom. The number of ether oxygens (including phenoxy) is 1. The Kier molecular flexibility index (Phi) is 4.47. The molecule has 0 amide bonds. The number of hydrogen-bond acceptors (Lipinski definition) is 4. The third kappa shape index (κ3) is 3.59. The molecule has 1 heterocycles. The average molecular weight is 383 g/mol. The van der Waals surface area contributed by atoms with Crippen molar-refractivity contribution in [2.45, 2.75) is 30.3 Å². The number of halogens is 1. The Morgan fingerprint density at radius 3 is 2.50 bits per heavy atom. The second-order valence-electron chi connectivity index (χ2n) is 5.19. The molecule has 1 aromatic carbocycles. The van der Waals surface area contributed by atoms with Gasteiger partial charge in [0.1, 0.15) is 6.10 Å². The van der Waals surface area contributed by atoms with E-state index in [1.54, 1.807) is 6.20 Å². The lowest BCUT2D eigenvalue weighted by atomic mass is 9.99. The summed E-state index contributed by atoms with van der Waals surface area (Å²) in [5.74, 6) is 0.764. The maximum absolute atomic E-state index is 6.14. The molecule has 1 aromatic heterocycles. The van der Waals surface area contributed by atoms with Crippen LogP contribution in [-0.2, 0) is 0 Å². The van der Waals surface area contributed by atoms with Crippen LogP contribution in [0.3, 0.4) is 0 Å². The molecule has 0 aliphatic heterocycles. The number of aryl methyl sites for hydroxylation is 1. The molecule has 0 aliphatic rings. The predicted octanol–water partition coefficient (Wildman–Crippen LogP) is 3.70. The summed E-state index contributed by atoms with van der Waals surface area (Å²) in [6.07, 6.45) is 1.57. The monoisotopic (exact) mass is 383 g/mol. The van der Waals surface area contributed by atoms with E-state index in [0.717, 1.165) is 11.1 Å². The quantitative estimate of drug-likeness (QED) is 0.646. The van der Waals surface area contributed by atoms with E-state index in [4.69, 9.17) is 10.5 Å². The molecule has 1 unspecified atom stereocenters. The van der Waals surface area contributed by atoms with E-state index >= 15 is 0 Å². The van der Waals surface area contributed by atoms with Crippen molar-refractivity contribution < 1.29 is 4.74 Å². The van der Waals surface area contributed by atoms with Gasteiger partial charge in [-0.1, -0.05) is 52.9 Å². The van der Waals surface area contributed by atoms with Crippen molar-refractivity contribution in [3.8, 4) is 5.88 Å². The van der Waals surface area contributed by atoms with E-state index in [1.165, 1.54) is 0 Å². The zero-order valence-corrected chi connectivity index (χ0v) is 14.0. The van der Waals surface area contributed by atoms with Crippen LogP contribution in [0.15, 0.2) is 36.5 Å². The van der Waals surface area contributed by atoms with Crippen LogP contribution in [0.2, 0.25) is 0 Å². The van der Waals surface area contributed by atoms with Crippen LogP contribution in [0.4, 0.5) is 5.95 Å². The number of nitrogens with two attached hydrogens (primary N) is 1. The summed E-state index contributed by atoms with van der Waals surface area (Å²) in [5.41, 5.74) is 7.64. The molecule has 2 N–H and O–H groups in total. The van der Waals surface area contributed by atoms with Gasteiger partial charge >= 0.3 is 0 Å². The van der Waals surface area contributed by atoms with E-state index in [-0.39, 0.29) is 15.5 Å². The van der Waals surface area contributed by atoms with Crippen LogP contribution >= 0.6 is 22.6 Å². The number of hydrogen-bond donors (Lipinski definition) is 1. The first-order chi connectivity index (χ1) is 9.38. The maximum atomic E-state index is 6.14. The van der Waals surface area contributed by atoms with Crippen molar-refractivity contribution in [1.82, 2.24) is 9.97 Å². The highest BCUT2D eigenvalue weighted by Gasteiger charge is 2.30. The summed E-state index contributed by atoms with van der Waals surface area (Å²) in [7, 11) is 0. The summed E-state index contributed by atoms with van der Waals surface area (Å²) in [6.45, 7) is 6.17. The van der Waals surface area contributed by atoms with Gasteiger partial charge in [0, 0.05) is 11.8 Å². The molecule has 0 fully saturated rings. The number of benzene rings is 1. The number of aromatic nitrogens is 2. The second-order valence-corrected chi connectivity index (χ2v) is 7.97. The van der Waals surface area contributed by atoms with E-state index < -0.39 is 0 Å². The lowest BCUT2D eigenvalue weighted by molar-refractivity contribution is 0.169. The van der Waals surface area contributed by atoms with Gasteiger partial charge in [0.2, 0.25) is 11.8 Å². The largest absolute Gasteiger partial charge is 0.468 e. The topological polar surface area (TPSA) is 61.0 Å². The number of rotatable bonds is 4. The van der Waals surface area contributed by atoms with E-state index in [9.17, 15) is 0 Å². The van der Waals surface area contributed by atoms with Gasteiger partial charge in [-0.05, 0) is 26.3 Å². The highest BCUT2D eigenvalue weighted by Crippen LogP contribution is 2.37. The Balaban J connectivity index is 2.37. The normalized spacial score (nSPS) is 13.0. The van der Waals surface area contributed by atoms with Crippen LogP contribution < -0.4 is 10.5 Å². The van der Waals surface area contributed by atoms with Gasteiger partial charge < -0.3 is 10.5 Å². The smallest absolute Gasteiger partial charge is 0.223 e. The van der Waals surface area contributed by atoms with E-state index in [2.05, 4.69) is 58.5 Å². The van der Waals surface area contributed by atoms with Gasteiger partial charge in [0.25, 0.3) is 0 Å². The fourth-order valence-corrected chi connectivity index (χ4v) is 2.39. The minimum atomic E-state index is -0.114. The Hall–Kier alpha value is -1.37. The molecule has 0 saturated heterocycles. The van der Waals surface area contributed by atoms with E-state index in [0.29, 0.717) is 5.88 Å². The third-order valence-corrected chi connectivity index (χ3v) is 3.46. The summed E-state index contributed by atoms with van der Waals surface area (Å²) < 4.78 is 6.05. The fraction of sp³-hybridized carbons (Fsp3) is 0.333. The minimum Gasteiger partial charge on any atom is -0.468 e. The van der Waals surface area contributed by atoms with Gasteiger partial charge in [-0.2, -0.15) is 4.98 Å². The summed E-state index contributed by atoms with van der Waals surface area (Å²) >= 11 is 2.39. The molecule has 2 aromatic rings. The van der Waals surface area contributed by atoms with Crippen molar-refractivity contribution in [3.05, 3.63) is 47.7 Å².